The highest BCUT2D eigenvalue weighted by atomic mass is 32.1. The Morgan fingerprint density at radius 1 is 1.14 bits per heavy atom. The highest BCUT2D eigenvalue weighted by molar-refractivity contribution is 7.10. The van der Waals surface area contributed by atoms with Gasteiger partial charge >= 0.3 is 0 Å². The summed E-state index contributed by atoms with van der Waals surface area (Å²) in [5, 5.41) is 10.7. The molecular formula is C23H20N4OS. The third-order valence-corrected chi connectivity index (χ3v) is 5.25. The van der Waals surface area contributed by atoms with Gasteiger partial charge in [0.15, 0.2) is 0 Å². The average molecular weight is 401 g/mol. The first-order chi connectivity index (χ1) is 14.2. The van der Waals surface area contributed by atoms with Crippen molar-refractivity contribution in [3.63, 3.8) is 0 Å². The summed E-state index contributed by atoms with van der Waals surface area (Å²) >= 11 is 1.54. The van der Waals surface area contributed by atoms with Crippen LogP contribution < -0.4 is 5.43 Å². The molecule has 1 N–H and O–H groups in total. The third-order valence-electron chi connectivity index (χ3n) is 4.39. The Hall–Kier alpha value is -3.51. The van der Waals surface area contributed by atoms with Crippen molar-refractivity contribution in [1.29, 1.82) is 0 Å². The summed E-state index contributed by atoms with van der Waals surface area (Å²) in [5.41, 5.74) is 7.05. The van der Waals surface area contributed by atoms with Gasteiger partial charge in [-0.25, -0.2) is 5.43 Å². The molecule has 0 spiro atoms. The van der Waals surface area contributed by atoms with Crippen molar-refractivity contribution in [2.75, 3.05) is 0 Å². The van der Waals surface area contributed by atoms with Gasteiger partial charge in [0, 0.05) is 27.6 Å². The van der Waals surface area contributed by atoms with Crippen LogP contribution in [0.3, 0.4) is 0 Å². The lowest BCUT2D eigenvalue weighted by molar-refractivity contribution is 0.0955. The summed E-state index contributed by atoms with van der Waals surface area (Å²) in [5.74, 6) is -0.219. The molecule has 2 heterocycles. The van der Waals surface area contributed by atoms with Crippen LogP contribution in [0.2, 0.25) is 0 Å². The van der Waals surface area contributed by atoms with Crippen LogP contribution >= 0.6 is 11.3 Å². The Bertz CT molecular complexity index is 1130. The zero-order chi connectivity index (χ0) is 20.1. The van der Waals surface area contributed by atoms with E-state index in [1.54, 1.807) is 17.6 Å². The first-order valence-electron chi connectivity index (χ1n) is 9.24. The quantitative estimate of drug-likeness (QED) is 0.376. The van der Waals surface area contributed by atoms with Crippen LogP contribution in [-0.2, 0) is 6.54 Å². The molecule has 1 amide bonds. The molecule has 2 aromatic heterocycles. The van der Waals surface area contributed by atoms with E-state index in [2.05, 4.69) is 22.7 Å². The first kappa shape index (κ1) is 18.8. The first-order valence-corrected chi connectivity index (χ1v) is 10.1. The molecular weight excluding hydrogens is 380 g/mol. The molecule has 6 heteroatoms. The molecule has 144 valence electrons. The molecule has 0 bridgehead atoms. The van der Waals surface area contributed by atoms with Crippen LogP contribution in [0.4, 0.5) is 0 Å². The predicted octanol–water partition coefficient (Wildman–Crippen LogP) is 4.73. The Morgan fingerprint density at radius 2 is 1.86 bits per heavy atom. The summed E-state index contributed by atoms with van der Waals surface area (Å²) in [7, 11) is 0. The number of benzene rings is 2. The molecule has 2 aromatic carbocycles. The van der Waals surface area contributed by atoms with Gasteiger partial charge in [-0.3, -0.25) is 9.48 Å². The van der Waals surface area contributed by atoms with Crippen molar-refractivity contribution < 1.29 is 4.79 Å². The van der Waals surface area contributed by atoms with E-state index in [1.807, 2.05) is 77.8 Å². The number of nitrogens with one attached hydrogen (secondary N) is 1. The lowest BCUT2D eigenvalue weighted by Gasteiger charge is -2.01. The zero-order valence-electron chi connectivity index (χ0n) is 15.9. The number of aryl methyl sites for hydroxylation is 1. The van der Waals surface area contributed by atoms with Gasteiger partial charge in [-0.15, -0.1) is 11.3 Å². The zero-order valence-corrected chi connectivity index (χ0v) is 16.8. The SMILES string of the molecule is Cc1cc(C(=O)N/N=C/c2cn(Cc3ccccc3)nc2-c2ccccc2)cs1. The molecule has 4 aromatic rings. The Labute approximate surface area is 173 Å². The molecule has 0 aliphatic heterocycles. The molecule has 0 aliphatic rings. The van der Waals surface area contributed by atoms with E-state index in [1.165, 1.54) is 5.56 Å². The van der Waals surface area contributed by atoms with E-state index in [0.717, 1.165) is 21.7 Å². The van der Waals surface area contributed by atoms with E-state index >= 15 is 0 Å². The standard InChI is InChI=1S/C23H20N4OS/c1-17-12-20(16-29-17)23(28)25-24-13-21-15-27(14-18-8-4-2-5-9-18)26-22(21)19-10-6-3-7-11-19/h2-13,15-16H,14H2,1H3,(H,25,28)/b24-13+. The average Bonchev–Trinajstić information content (AvgIpc) is 3.36. The normalized spacial score (nSPS) is 11.1. The molecule has 0 saturated carbocycles. The van der Waals surface area contributed by atoms with Crippen LogP contribution in [0.25, 0.3) is 11.3 Å². The number of aromatic nitrogens is 2. The highest BCUT2D eigenvalue weighted by Crippen LogP contribution is 2.21. The minimum absolute atomic E-state index is 0.219. The predicted molar refractivity (Wildman–Crippen MR) is 117 cm³/mol. The van der Waals surface area contributed by atoms with Crippen molar-refractivity contribution in [3.8, 4) is 11.3 Å². The van der Waals surface area contributed by atoms with Crippen molar-refractivity contribution in [2.24, 2.45) is 5.10 Å². The fraction of sp³-hybridized carbons (Fsp3) is 0.0870. The molecule has 29 heavy (non-hydrogen) atoms. The molecule has 5 nitrogen and oxygen atoms in total. The maximum atomic E-state index is 12.2. The van der Waals surface area contributed by atoms with Gasteiger partial charge in [0.05, 0.1) is 18.3 Å². The fourth-order valence-electron chi connectivity index (χ4n) is 2.99. The monoisotopic (exact) mass is 400 g/mol. The molecule has 0 atom stereocenters. The molecule has 0 unspecified atom stereocenters. The summed E-state index contributed by atoms with van der Waals surface area (Å²) in [6.07, 6.45) is 3.59. The van der Waals surface area contributed by atoms with Crippen LogP contribution in [0.1, 0.15) is 26.4 Å². The second kappa shape index (κ2) is 8.67. The number of nitrogens with zero attached hydrogens (tertiary/aromatic N) is 3. The maximum Gasteiger partial charge on any atom is 0.272 e. The lowest BCUT2D eigenvalue weighted by atomic mass is 10.1. The van der Waals surface area contributed by atoms with Crippen LogP contribution in [0, 0.1) is 6.92 Å². The number of hydrogen-bond donors (Lipinski definition) is 1. The van der Waals surface area contributed by atoms with Gasteiger partial charge < -0.3 is 0 Å². The molecule has 0 saturated heterocycles. The van der Waals surface area contributed by atoms with E-state index in [4.69, 9.17) is 5.10 Å². The molecule has 0 fully saturated rings. The van der Waals surface area contributed by atoms with Gasteiger partial charge in [0.25, 0.3) is 5.91 Å². The fourth-order valence-corrected chi connectivity index (χ4v) is 3.67. The molecule has 0 aliphatic carbocycles. The summed E-state index contributed by atoms with van der Waals surface area (Å²) in [6, 6.07) is 22.0. The van der Waals surface area contributed by atoms with Crippen LogP contribution in [0.15, 0.2) is 83.4 Å². The number of rotatable bonds is 6. The number of thiophene rings is 1. The van der Waals surface area contributed by atoms with Crippen LogP contribution in [0.5, 0.6) is 0 Å². The Kier molecular flexibility index (Phi) is 5.63. The van der Waals surface area contributed by atoms with E-state index in [9.17, 15) is 4.79 Å². The molecule has 0 radical (unpaired) electrons. The van der Waals surface area contributed by atoms with Gasteiger partial charge in [0.2, 0.25) is 0 Å². The van der Waals surface area contributed by atoms with Gasteiger partial charge in [-0.05, 0) is 18.6 Å². The number of hydrogen-bond acceptors (Lipinski definition) is 4. The highest BCUT2D eigenvalue weighted by Gasteiger charge is 2.11. The van der Waals surface area contributed by atoms with Crippen molar-refractivity contribution in [3.05, 3.63) is 99.9 Å². The maximum absolute atomic E-state index is 12.2. The number of carbonyl (C=O) groups excluding carboxylic acids is 1. The van der Waals surface area contributed by atoms with Gasteiger partial charge in [-0.1, -0.05) is 60.7 Å². The molecule has 4 rings (SSSR count). The second-order valence-corrected chi connectivity index (χ2v) is 7.74. The van der Waals surface area contributed by atoms with E-state index in [-0.39, 0.29) is 5.91 Å². The topological polar surface area (TPSA) is 59.3 Å². The number of amides is 1. The van der Waals surface area contributed by atoms with Gasteiger partial charge in [0.1, 0.15) is 5.69 Å². The number of hydrazone groups is 1. The smallest absolute Gasteiger partial charge is 0.267 e. The van der Waals surface area contributed by atoms with Crippen molar-refractivity contribution in [1.82, 2.24) is 15.2 Å². The summed E-state index contributed by atoms with van der Waals surface area (Å²) < 4.78 is 1.89. The summed E-state index contributed by atoms with van der Waals surface area (Å²) in [6.45, 7) is 2.63. The van der Waals surface area contributed by atoms with E-state index in [0.29, 0.717) is 12.1 Å². The summed E-state index contributed by atoms with van der Waals surface area (Å²) in [4.78, 5) is 13.3. The van der Waals surface area contributed by atoms with Crippen molar-refractivity contribution in [2.45, 2.75) is 13.5 Å². The second-order valence-electron chi connectivity index (χ2n) is 6.63. The minimum Gasteiger partial charge on any atom is -0.267 e. The van der Waals surface area contributed by atoms with Gasteiger partial charge in [-0.2, -0.15) is 10.2 Å². The van der Waals surface area contributed by atoms with Crippen LogP contribution in [-0.4, -0.2) is 21.9 Å². The van der Waals surface area contributed by atoms with Crippen molar-refractivity contribution >= 4 is 23.5 Å². The Balaban J connectivity index is 1.57. The Morgan fingerprint density at radius 3 is 2.55 bits per heavy atom. The third kappa shape index (κ3) is 4.67. The lowest BCUT2D eigenvalue weighted by Crippen LogP contribution is -2.16. The van der Waals surface area contributed by atoms with E-state index < -0.39 is 0 Å². The minimum atomic E-state index is -0.219. The number of carbonyl (C=O) groups is 1. The largest absolute Gasteiger partial charge is 0.272 e.